The zero-order valence-corrected chi connectivity index (χ0v) is 7.07. The van der Waals surface area contributed by atoms with Crippen LogP contribution in [0.3, 0.4) is 0 Å². The van der Waals surface area contributed by atoms with Crippen molar-refractivity contribution in [2.24, 2.45) is 0 Å². The Morgan fingerprint density at radius 1 is 1.45 bits per heavy atom. The van der Waals surface area contributed by atoms with Gasteiger partial charge in [0.05, 0.1) is 7.11 Å². The first kappa shape index (κ1) is 9.75. The predicted molar refractivity (Wildman–Crippen MR) is 44.0 cm³/mol. The summed E-state index contributed by atoms with van der Waals surface area (Å²) in [4.78, 5) is 12.0. The lowest BCUT2D eigenvalue weighted by Crippen LogP contribution is -1.99. The van der Waals surface area contributed by atoms with Crippen molar-refractivity contribution in [1.29, 1.82) is 0 Å². The molecule has 0 heterocycles. The molecule has 11 heavy (non-hydrogen) atoms. The van der Waals surface area contributed by atoms with E-state index in [0.717, 1.165) is 0 Å². The van der Waals surface area contributed by atoms with Crippen LogP contribution in [0.25, 0.3) is 0 Å². The van der Waals surface area contributed by atoms with Crippen LogP contribution in [-0.2, 0) is 9.53 Å². The summed E-state index contributed by atoms with van der Waals surface area (Å²) in [5.74, 6) is 0.322. The molecule has 0 saturated heterocycles. The van der Waals surface area contributed by atoms with Crippen molar-refractivity contribution >= 4 is 6.29 Å². The number of aldehydes is 1. The summed E-state index contributed by atoms with van der Waals surface area (Å²) in [6.07, 6.45) is 5.84. The van der Waals surface area contributed by atoms with Gasteiger partial charge in [-0.15, -0.1) is 0 Å². The van der Waals surface area contributed by atoms with E-state index in [1.54, 1.807) is 12.2 Å². The number of ether oxygens (including phenoxy) is 1. The van der Waals surface area contributed by atoms with Gasteiger partial charge in [-0.3, -0.25) is 4.79 Å². The van der Waals surface area contributed by atoms with Crippen LogP contribution in [-0.4, -0.2) is 32.4 Å². The number of carbonyl (C=O) groups excluding carboxylic acids is 1. The Bertz CT molecular complexity index is 171. The molecule has 0 aromatic carbocycles. The van der Waals surface area contributed by atoms with Gasteiger partial charge in [0, 0.05) is 14.1 Å². The van der Waals surface area contributed by atoms with Gasteiger partial charge in [0.15, 0.2) is 12.0 Å². The van der Waals surface area contributed by atoms with Crippen molar-refractivity contribution in [1.82, 2.24) is 4.90 Å². The second-order valence-electron chi connectivity index (χ2n) is 2.20. The standard InChI is InChI=1S/C8H13NO2/c1-9(2)6-4-5-8(7-10)11-3/h4-7H,1-3H3/b6-4+,8-5-. The Morgan fingerprint density at radius 2 is 2.09 bits per heavy atom. The first-order chi connectivity index (χ1) is 5.20. The average Bonchev–Trinajstić information content (AvgIpc) is 1.98. The molecule has 0 N–H and O–H groups in total. The Morgan fingerprint density at radius 3 is 2.45 bits per heavy atom. The summed E-state index contributed by atoms with van der Waals surface area (Å²) in [7, 11) is 5.26. The van der Waals surface area contributed by atoms with Gasteiger partial charge in [-0.25, -0.2) is 0 Å². The molecule has 0 aliphatic rings. The smallest absolute Gasteiger partial charge is 0.184 e. The van der Waals surface area contributed by atoms with E-state index in [2.05, 4.69) is 0 Å². The van der Waals surface area contributed by atoms with Crippen molar-refractivity contribution in [3.63, 3.8) is 0 Å². The molecule has 3 heteroatoms. The quantitative estimate of drug-likeness (QED) is 0.260. The minimum Gasteiger partial charge on any atom is -0.493 e. The van der Waals surface area contributed by atoms with Crippen LogP contribution in [0.5, 0.6) is 0 Å². The SMILES string of the molecule is CO/C(C=O)=C\C=C\N(C)C. The zero-order chi connectivity index (χ0) is 8.69. The van der Waals surface area contributed by atoms with Crippen LogP contribution >= 0.6 is 0 Å². The van der Waals surface area contributed by atoms with Crippen LogP contribution in [0.4, 0.5) is 0 Å². The van der Waals surface area contributed by atoms with Gasteiger partial charge < -0.3 is 9.64 Å². The molecule has 0 bridgehead atoms. The molecule has 62 valence electrons. The number of hydrogen-bond donors (Lipinski definition) is 0. The molecule has 0 aliphatic heterocycles. The lowest BCUT2D eigenvalue weighted by Gasteiger charge is -2.01. The topological polar surface area (TPSA) is 29.5 Å². The molecule has 0 spiro atoms. The Hall–Kier alpha value is -1.25. The minimum absolute atomic E-state index is 0.322. The highest BCUT2D eigenvalue weighted by Gasteiger charge is 1.86. The summed E-state index contributed by atoms with van der Waals surface area (Å²) in [6.45, 7) is 0. The third kappa shape index (κ3) is 5.21. The summed E-state index contributed by atoms with van der Waals surface area (Å²) < 4.78 is 4.70. The molecular formula is C8H13NO2. The number of allylic oxidation sites excluding steroid dienone is 3. The van der Waals surface area contributed by atoms with Crippen LogP contribution in [0.1, 0.15) is 0 Å². The maximum Gasteiger partial charge on any atom is 0.184 e. The van der Waals surface area contributed by atoms with E-state index < -0.39 is 0 Å². The fraction of sp³-hybridized carbons (Fsp3) is 0.375. The van der Waals surface area contributed by atoms with Crippen molar-refractivity contribution in [3.8, 4) is 0 Å². The highest BCUT2D eigenvalue weighted by atomic mass is 16.5. The summed E-state index contributed by atoms with van der Waals surface area (Å²) in [6, 6.07) is 0. The van der Waals surface area contributed by atoms with Gasteiger partial charge in [0.25, 0.3) is 0 Å². The third-order valence-electron chi connectivity index (χ3n) is 0.997. The second kappa shape index (κ2) is 5.53. The van der Waals surface area contributed by atoms with Crippen LogP contribution in [0.2, 0.25) is 0 Å². The van der Waals surface area contributed by atoms with Gasteiger partial charge >= 0.3 is 0 Å². The maximum atomic E-state index is 10.2. The molecule has 0 fully saturated rings. The van der Waals surface area contributed by atoms with E-state index in [1.807, 2.05) is 25.2 Å². The van der Waals surface area contributed by atoms with E-state index in [0.29, 0.717) is 12.0 Å². The van der Waals surface area contributed by atoms with E-state index in [-0.39, 0.29) is 0 Å². The van der Waals surface area contributed by atoms with E-state index in [1.165, 1.54) is 7.11 Å². The van der Waals surface area contributed by atoms with Gasteiger partial charge in [0.1, 0.15) is 0 Å². The van der Waals surface area contributed by atoms with Crippen molar-refractivity contribution in [3.05, 3.63) is 24.1 Å². The third-order valence-corrected chi connectivity index (χ3v) is 0.997. The predicted octanol–water partition coefficient (Wildman–Crippen LogP) is 0.791. The molecule has 3 nitrogen and oxygen atoms in total. The zero-order valence-electron chi connectivity index (χ0n) is 7.07. The largest absolute Gasteiger partial charge is 0.493 e. The summed E-state index contributed by atoms with van der Waals surface area (Å²) in [5.41, 5.74) is 0. The summed E-state index contributed by atoms with van der Waals surface area (Å²) in [5, 5.41) is 0. The normalized spacial score (nSPS) is 11.7. The summed E-state index contributed by atoms with van der Waals surface area (Å²) >= 11 is 0. The van der Waals surface area contributed by atoms with Gasteiger partial charge in [0.2, 0.25) is 0 Å². The molecule has 0 aromatic rings. The number of methoxy groups -OCH3 is 1. The first-order valence-electron chi connectivity index (χ1n) is 3.24. The van der Waals surface area contributed by atoms with Crippen molar-refractivity contribution in [2.75, 3.05) is 21.2 Å². The molecule has 0 rings (SSSR count). The minimum atomic E-state index is 0.322. The van der Waals surface area contributed by atoms with Crippen LogP contribution < -0.4 is 0 Å². The lowest BCUT2D eigenvalue weighted by atomic mass is 10.4. The fourth-order valence-electron chi connectivity index (χ4n) is 0.465. The fourth-order valence-corrected chi connectivity index (χ4v) is 0.465. The molecule has 0 radical (unpaired) electrons. The Balaban J connectivity index is 3.97. The number of hydrogen-bond acceptors (Lipinski definition) is 3. The molecule has 0 saturated carbocycles. The van der Waals surface area contributed by atoms with Crippen molar-refractivity contribution < 1.29 is 9.53 Å². The number of carbonyl (C=O) groups is 1. The Kier molecular flexibility index (Phi) is 4.90. The van der Waals surface area contributed by atoms with Gasteiger partial charge in [-0.05, 0) is 18.4 Å². The Labute approximate surface area is 66.9 Å². The van der Waals surface area contributed by atoms with Gasteiger partial charge in [-0.1, -0.05) is 0 Å². The lowest BCUT2D eigenvalue weighted by molar-refractivity contribution is -0.107. The molecule has 0 unspecified atom stereocenters. The second-order valence-corrected chi connectivity index (χ2v) is 2.20. The molecule has 0 amide bonds. The maximum absolute atomic E-state index is 10.2. The van der Waals surface area contributed by atoms with Crippen LogP contribution in [0.15, 0.2) is 24.1 Å². The van der Waals surface area contributed by atoms with E-state index >= 15 is 0 Å². The highest BCUT2D eigenvalue weighted by Crippen LogP contribution is 1.90. The van der Waals surface area contributed by atoms with Gasteiger partial charge in [-0.2, -0.15) is 0 Å². The molecule has 0 aliphatic carbocycles. The monoisotopic (exact) mass is 155 g/mol. The number of nitrogens with zero attached hydrogens (tertiary/aromatic N) is 1. The first-order valence-corrected chi connectivity index (χ1v) is 3.24. The molecule has 0 atom stereocenters. The molecule has 0 aromatic heterocycles. The highest BCUT2D eigenvalue weighted by molar-refractivity contribution is 5.70. The van der Waals surface area contributed by atoms with E-state index in [4.69, 9.17) is 4.74 Å². The van der Waals surface area contributed by atoms with E-state index in [9.17, 15) is 4.79 Å². The number of rotatable bonds is 4. The van der Waals surface area contributed by atoms with Crippen molar-refractivity contribution in [2.45, 2.75) is 0 Å². The van der Waals surface area contributed by atoms with Crippen LogP contribution in [0, 0.1) is 0 Å². The average molecular weight is 155 g/mol. The molecular weight excluding hydrogens is 142 g/mol.